The van der Waals surface area contributed by atoms with Crippen LogP contribution in [0.1, 0.15) is 63.3 Å². The van der Waals surface area contributed by atoms with Gasteiger partial charge in [-0.2, -0.15) is 0 Å². The molecule has 1 fully saturated rings. The Morgan fingerprint density at radius 1 is 0.907 bits per heavy atom. The molecule has 1 saturated heterocycles. The van der Waals surface area contributed by atoms with Gasteiger partial charge in [0.25, 0.3) is 8.32 Å². The summed E-state index contributed by atoms with van der Waals surface area (Å²) < 4.78 is 30.7. The number of aromatic nitrogens is 1. The standard InChI is InChI=1S/C35H41NO6Si/c1-35(2,3)43(30-11-7-5-8-12-30,31-13-9-6-10-14-31)42-29-21-28(19-20-37)41-33(22-29)32-24-40-34(36-32)25-39-23-26-15-17-27(38-4)18-16-26/h5-18,20,24,28-29,33H,19,21-23,25H2,1-4H3/t28-,29-,33-/m1/s1. The van der Waals surface area contributed by atoms with E-state index in [1.807, 2.05) is 36.4 Å². The number of ether oxygens (including phenoxy) is 3. The molecule has 3 aromatic carbocycles. The first-order valence-corrected chi connectivity index (χ1v) is 16.8. The number of nitrogens with zero attached hydrogens (tertiary/aromatic N) is 1. The maximum atomic E-state index is 11.6. The van der Waals surface area contributed by atoms with E-state index < -0.39 is 8.32 Å². The fraction of sp³-hybridized carbons (Fsp3) is 0.371. The van der Waals surface area contributed by atoms with Crippen LogP contribution in [0.5, 0.6) is 5.75 Å². The number of hydrogen-bond acceptors (Lipinski definition) is 7. The van der Waals surface area contributed by atoms with E-state index in [-0.39, 0.29) is 30.0 Å². The van der Waals surface area contributed by atoms with Crippen LogP contribution in [0.2, 0.25) is 5.04 Å². The zero-order valence-corrected chi connectivity index (χ0v) is 26.4. The topological polar surface area (TPSA) is 80.0 Å². The highest BCUT2D eigenvalue weighted by molar-refractivity contribution is 6.99. The summed E-state index contributed by atoms with van der Waals surface area (Å²) in [6.07, 6.45) is 3.34. The van der Waals surface area contributed by atoms with Crippen molar-refractivity contribution in [1.29, 1.82) is 0 Å². The van der Waals surface area contributed by atoms with Crippen molar-refractivity contribution in [2.24, 2.45) is 0 Å². The third kappa shape index (κ3) is 7.16. The Morgan fingerprint density at radius 2 is 1.56 bits per heavy atom. The molecule has 7 nitrogen and oxygen atoms in total. The van der Waals surface area contributed by atoms with Crippen molar-refractivity contribution < 1.29 is 27.8 Å². The maximum absolute atomic E-state index is 11.6. The molecule has 8 heteroatoms. The molecule has 0 spiro atoms. The summed E-state index contributed by atoms with van der Waals surface area (Å²) in [5.74, 6) is 1.28. The highest BCUT2D eigenvalue weighted by Gasteiger charge is 2.52. The van der Waals surface area contributed by atoms with Crippen LogP contribution in [0.4, 0.5) is 0 Å². The summed E-state index contributed by atoms with van der Waals surface area (Å²) >= 11 is 0. The minimum Gasteiger partial charge on any atom is -0.497 e. The summed E-state index contributed by atoms with van der Waals surface area (Å²) in [5.41, 5.74) is 1.72. The number of carbonyl (C=O) groups excluding carboxylic acids is 1. The summed E-state index contributed by atoms with van der Waals surface area (Å²) in [7, 11) is -1.14. The second-order valence-electron chi connectivity index (χ2n) is 12.0. The first kappa shape index (κ1) is 30.9. The Bertz CT molecular complexity index is 1400. The molecule has 0 saturated carbocycles. The lowest BCUT2D eigenvalue weighted by molar-refractivity contribution is -0.120. The van der Waals surface area contributed by atoms with Crippen LogP contribution in [0.15, 0.2) is 95.6 Å². The lowest BCUT2D eigenvalue weighted by atomic mass is 9.98. The monoisotopic (exact) mass is 599 g/mol. The minimum absolute atomic E-state index is 0.138. The average Bonchev–Trinajstić information content (AvgIpc) is 3.50. The molecule has 5 rings (SSSR count). The molecule has 43 heavy (non-hydrogen) atoms. The van der Waals surface area contributed by atoms with Gasteiger partial charge >= 0.3 is 0 Å². The van der Waals surface area contributed by atoms with Crippen LogP contribution in [0.25, 0.3) is 0 Å². The lowest BCUT2D eigenvalue weighted by Crippen LogP contribution is -2.68. The van der Waals surface area contributed by atoms with Crippen molar-refractivity contribution in [3.8, 4) is 5.75 Å². The summed E-state index contributed by atoms with van der Waals surface area (Å²) in [6, 6.07) is 29.0. The van der Waals surface area contributed by atoms with Crippen LogP contribution in [-0.4, -0.2) is 38.9 Å². The van der Waals surface area contributed by atoms with Crippen LogP contribution in [-0.2, 0) is 31.9 Å². The van der Waals surface area contributed by atoms with Gasteiger partial charge in [-0.1, -0.05) is 93.6 Å². The number of benzene rings is 3. The molecule has 0 bridgehead atoms. The van der Waals surface area contributed by atoms with Crippen molar-refractivity contribution in [3.63, 3.8) is 0 Å². The van der Waals surface area contributed by atoms with Gasteiger partial charge in [0.2, 0.25) is 5.89 Å². The van der Waals surface area contributed by atoms with E-state index in [0.717, 1.165) is 17.6 Å². The zero-order valence-electron chi connectivity index (χ0n) is 25.4. The molecule has 1 aliphatic rings. The second-order valence-corrected chi connectivity index (χ2v) is 16.3. The molecule has 0 radical (unpaired) electrons. The Labute approximate surface area is 255 Å². The van der Waals surface area contributed by atoms with E-state index in [1.165, 1.54) is 10.4 Å². The van der Waals surface area contributed by atoms with Crippen molar-refractivity contribution in [2.75, 3.05) is 7.11 Å². The van der Waals surface area contributed by atoms with Gasteiger partial charge in [0.05, 0.1) is 25.9 Å². The molecule has 0 aliphatic carbocycles. The van der Waals surface area contributed by atoms with E-state index in [4.69, 9.17) is 28.0 Å². The number of carbonyl (C=O) groups is 1. The molecule has 2 heterocycles. The lowest BCUT2D eigenvalue weighted by Gasteiger charge is -2.47. The molecule has 0 unspecified atom stereocenters. The van der Waals surface area contributed by atoms with E-state index in [0.29, 0.717) is 37.5 Å². The number of rotatable bonds is 12. The summed E-state index contributed by atoms with van der Waals surface area (Å²) in [6.45, 7) is 7.48. The highest BCUT2D eigenvalue weighted by atomic mass is 28.4. The normalized spacial score (nSPS) is 19.2. The first-order chi connectivity index (χ1) is 20.8. The van der Waals surface area contributed by atoms with Crippen molar-refractivity contribution in [3.05, 3.63) is 108 Å². The van der Waals surface area contributed by atoms with Crippen molar-refractivity contribution >= 4 is 25.0 Å². The number of hydrogen-bond donors (Lipinski definition) is 0. The van der Waals surface area contributed by atoms with Gasteiger partial charge < -0.3 is 27.8 Å². The predicted molar refractivity (Wildman–Crippen MR) is 168 cm³/mol. The van der Waals surface area contributed by atoms with Gasteiger partial charge in [0.15, 0.2) is 0 Å². The molecule has 1 aliphatic heterocycles. The maximum Gasteiger partial charge on any atom is 0.261 e. The van der Waals surface area contributed by atoms with Gasteiger partial charge in [-0.05, 0) is 39.5 Å². The SMILES string of the molecule is COc1ccc(COCc2nc([C@H]3C[C@H](O[Si](c4ccccc4)(c4ccccc4)C(C)(C)C)C[C@@H](CC=O)O3)co2)cc1. The highest BCUT2D eigenvalue weighted by Crippen LogP contribution is 2.41. The van der Waals surface area contributed by atoms with E-state index in [9.17, 15) is 4.79 Å². The molecule has 4 aromatic rings. The third-order valence-electron chi connectivity index (χ3n) is 8.03. The molecular formula is C35H41NO6Si. The Balaban J connectivity index is 1.36. The molecule has 3 atom stereocenters. The molecule has 0 N–H and O–H groups in total. The number of oxazole rings is 1. The van der Waals surface area contributed by atoms with Crippen LogP contribution >= 0.6 is 0 Å². The van der Waals surface area contributed by atoms with Crippen molar-refractivity contribution in [2.45, 2.75) is 76.6 Å². The molecule has 1 aromatic heterocycles. The average molecular weight is 600 g/mol. The third-order valence-corrected chi connectivity index (χ3v) is 13.1. The van der Waals surface area contributed by atoms with Gasteiger partial charge in [-0.3, -0.25) is 0 Å². The van der Waals surface area contributed by atoms with Crippen molar-refractivity contribution in [1.82, 2.24) is 4.98 Å². The Hall–Kier alpha value is -3.56. The number of aldehydes is 1. The van der Waals surface area contributed by atoms with Crippen LogP contribution in [0, 0.1) is 0 Å². The minimum atomic E-state index is -2.79. The predicted octanol–water partition coefficient (Wildman–Crippen LogP) is 6.15. The zero-order chi connectivity index (χ0) is 30.3. The van der Waals surface area contributed by atoms with E-state index in [2.05, 4.69) is 69.3 Å². The van der Waals surface area contributed by atoms with Crippen LogP contribution < -0.4 is 15.1 Å². The Morgan fingerprint density at radius 3 is 2.14 bits per heavy atom. The summed E-state index contributed by atoms with van der Waals surface area (Å²) in [4.78, 5) is 16.3. The molecular weight excluding hydrogens is 558 g/mol. The fourth-order valence-electron chi connectivity index (χ4n) is 5.98. The fourth-order valence-corrected chi connectivity index (χ4v) is 10.7. The van der Waals surface area contributed by atoms with Gasteiger partial charge in [-0.15, -0.1) is 0 Å². The smallest absolute Gasteiger partial charge is 0.261 e. The number of methoxy groups -OCH3 is 1. The first-order valence-electron chi connectivity index (χ1n) is 14.9. The molecule has 0 amide bonds. The quantitative estimate of drug-likeness (QED) is 0.143. The van der Waals surface area contributed by atoms with Gasteiger partial charge in [0, 0.05) is 12.8 Å². The van der Waals surface area contributed by atoms with Crippen LogP contribution in [0.3, 0.4) is 0 Å². The van der Waals surface area contributed by atoms with Gasteiger partial charge in [0.1, 0.15) is 36.7 Å². The molecule has 226 valence electrons. The van der Waals surface area contributed by atoms with E-state index in [1.54, 1.807) is 13.4 Å². The Kier molecular flexibility index (Phi) is 9.92. The second kappa shape index (κ2) is 13.8. The summed E-state index contributed by atoms with van der Waals surface area (Å²) in [5, 5.41) is 2.29. The van der Waals surface area contributed by atoms with E-state index >= 15 is 0 Å². The van der Waals surface area contributed by atoms with Gasteiger partial charge in [-0.25, -0.2) is 4.98 Å². The largest absolute Gasteiger partial charge is 0.497 e.